The molecule has 3 rings (SSSR count). The normalized spacial score (nSPS) is 15.4. The van der Waals surface area contributed by atoms with Crippen LogP contribution in [0.3, 0.4) is 0 Å². The Labute approximate surface area is 430 Å². The number of amides is 7. The molecule has 3 aromatic rings. The van der Waals surface area contributed by atoms with E-state index in [-0.39, 0.29) is 25.2 Å². The zero-order valence-electron chi connectivity index (χ0n) is 43.4. The summed E-state index contributed by atoms with van der Waals surface area (Å²) in [6.45, 7) is 13.7. The Hall–Kier alpha value is -7.36. The predicted molar refractivity (Wildman–Crippen MR) is 274 cm³/mol. The van der Waals surface area contributed by atoms with Crippen molar-refractivity contribution in [1.82, 2.24) is 42.2 Å². The number of nitrogens with two attached hydrogens (primary N) is 1. The maximum Gasteiger partial charge on any atom is 0.326 e. The van der Waals surface area contributed by atoms with Gasteiger partial charge in [0, 0.05) is 36.4 Å². The number of carbonyl (C=O) groups excluding carboxylic acids is 7. The van der Waals surface area contributed by atoms with Gasteiger partial charge in [0.1, 0.15) is 42.3 Å². The first-order valence-corrected chi connectivity index (χ1v) is 25.0. The molecule has 1 heterocycles. The number of fused-ring (bicyclic) bond motifs is 1. The largest absolute Gasteiger partial charge is 0.481 e. The summed E-state index contributed by atoms with van der Waals surface area (Å²) in [6, 6.07) is 4.90. The fraction of sp³-hybridized carbons (Fsp3) is 0.538. The number of carboxylic acids is 3. The molecule has 406 valence electrons. The average Bonchev–Trinajstić information content (AvgIpc) is 3.75. The Balaban J connectivity index is 1.87. The Kier molecular flexibility index (Phi) is 24.2. The Bertz CT molecular complexity index is 2430. The van der Waals surface area contributed by atoms with E-state index in [1.54, 1.807) is 98.0 Å². The van der Waals surface area contributed by atoms with Crippen molar-refractivity contribution in [2.75, 3.05) is 0 Å². The van der Waals surface area contributed by atoms with Gasteiger partial charge in [-0.3, -0.25) is 43.2 Å². The number of H-pyrrole nitrogens is 1. The molecule has 7 amide bonds. The molecule has 22 heteroatoms. The van der Waals surface area contributed by atoms with E-state index in [0.717, 1.165) is 10.9 Å². The molecule has 10 atom stereocenters. The Morgan fingerprint density at radius 1 is 0.541 bits per heavy atom. The fourth-order valence-electron chi connectivity index (χ4n) is 8.06. The van der Waals surface area contributed by atoms with Crippen LogP contribution in [0.1, 0.15) is 105 Å². The number of nitrogens with one attached hydrogen (secondary N) is 8. The zero-order valence-corrected chi connectivity index (χ0v) is 43.4. The number of aliphatic carboxylic acids is 3. The first kappa shape index (κ1) is 60.9. The highest BCUT2D eigenvalue weighted by Gasteiger charge is 2.37. The van der Waals surface area contributed by atoms with Gasteiger partial charge in [-0.15, -0.1) is 0 Å². The molecule has 0 aliphatic carbocycles. The number of benzene rings is 2. The van der Waals surface area contributed by atoms with E-state index in [2.05, 4.69) is 42.2 Å². The first-order valence-electron chi connectivity index (χ1n) is 25.0. The molecule has 13 N–H and O–H groups in total. The van der Waals surface area contributed by atoms with Crippen molar-refractivity contribution in [2.24, 2.45) is 29.4 Å². The third-order valence-corrected chi connectivity index (χ3v) is 12.8. The van der Waals surface area contributed by atoms with Crippen LogP contribution in [-0.2, 0) is 60.8 Å². The maximum atomic E-state index is 14.3. The SMILES string of the molecule is CC[C@H](C)[C@H](NC(=O)[C@@H](NC(=O)[C@H](CCC(=O)O)NC(=O)[C@H](CC(C)C)NC(=O)[C@H](Cc1ccccc1)NC(=O)[C@@H](NC(=O)[C@@H](N)CC(=O)O)[C@@H](C)CC)C(C)C)C(=O)N[C@@H](Cc1c[nH]c2ccccc12)C(=O)O. The molecule has 1 aromatic heterocycles. The van der Waals surface area contributed by atoms with Crippen LogP contribution in [0, 0.1) is 23.7 Å². The third kappa shape index (κ3) is 18.9. The minimum Gasteiger partial charge on any atom is -0.481 e. The summed E-state index contributed by atoms with van der Waals surface area (Å²) in [4.78, 5) is 136. The lowest BCUT2D eigenvalue weighted by molar-refractivity contribution is -0.143. The maximum absolute atomic E-state index is 14.3. The van der Waals surface area contributed by atoms with E-state index in [9.17, 15) is 58.2 Å². The van der Waals surface area contributed by atoms with Gasteiger partial charge in [-0.25, -0.2) is 4.79 Å². The van der Waals surface area contributed by atoms with E-state index in [4.69, 9.17) is 10.8 Å². The molecule has 0 unspecified atom stereocenters. The second-order valence-electron chi connectivity index (χ2n) is 19.6. The van der Waals surface area contributed by atoms with E-state index < -0.39 is 145 Å². The monoisotopic (exact) mass is 1030 g/mol. The molecule has 0 fully saturated rings. The zero-order chi connectivity index (χ0) is 55.4. The fourth-order valence-corrected chi connectivity index (χ4v) is 8.06. The molecule has 2 aromatic carbocycles. The third-order valence-electron chi connectivity index (χ3n) is 12.8. The van der Waals surface area contributed by atoms with Gasteiger partial charge in [-0.1, -0.05) is 117 Å². The van der Waals surface area contributed by atoms with E-state index in [1.807, 2.05) is 18.2 Å². The van der Waals surface area contributed by atoms with Crippen LogP contribution in [0.2, 0.25) is 0 Å². The predicted octanol–water partition coefficient (Wildman–Crippen LogP) is 1.89. The van der Waals surface area contributed by atoms with Crippen molar-refractivity contribution in [3.05, 3.63) is 71.9 Å². The molecule has 74 heavy (non-hydrogen) atoms. The van der Waals surface area contributed by atoms with Crippen LogP contribution in [0.25, 0.3) is 10.9 Å². The number of aromatic amines is 1. The number of carboxylic acid groups (broad SMARTS) is 3. The van der Waals surface area contributed by atoms with Crippen LogP contribution < -0.4 is 43.0 Å². The number of para-hydroxylation sites is 1. The molecular formula is C52H75N9O13. The highest BCUT2D eigenvalue weighted by Crippen LogP contribution is 2.20. The molecule has 0 saturated heterocycles. The van der Waals surface area contributed by atoms with Crippen LogP contribution in [0.5, 0.6) is 0 Å². The van der Waals surface area contributed by atoms with Gasteiger partial charge in [-0.05, 0) is 53.7 Å². The summed E-state index contributed by atoms with van der Waals surface area (Å²) in [6.07, 6.45) is 0.545. The van der Waals surface area contributed by atoms with Crippen LogP contribution >= 0.6 is 0 Å². The molecule has 0 aliphatic heterocycles. The summed E-state index contributed by atoms with van der Waals surface area (Å²) in [5.74, 6) is -11.8. The summed E-state index contributed by atoms with van der Waals surface area (Å²) in [7, 11) is 0. The van der Waals surface area contributed by atoms with Crippen molar-refractivity contribution >= 4 is 70.2 Å². The molecular weight excluding hydrogens is 959 g/mol. The van der Waals surface area contributed by atoms with Crippen LogP contribution in [0.4, 0.5) is 0 Å². The molecule has 22 nitrogen and oxygen atoms in total. The lowest BCUT2D eigenvalue weighted by Gasteiger charge is -2.30. The van der Waals surface area contributed by atoms with Crippen molar-refractivity contribution in [3.63, 3.8) is 0 Å². The standard InChI is InChI=1S/C52H75N9O13/c1-9-29(7)43(60-45(66)34(53)25-41(64)65)50(71)57-38(23-31-16-12-11-13-17-31)48(69)56-37(22-27(3)4)47(68)55-36(20-21-40(62)63)46(67)59-42(28(5)6)49(70)61-44(30(8)10-2)51(72)58-39(52(73)74)24-32-26-54-35-19-15-14-18-33(32)35/h11-19,26-30,34,36-39,42-44,54H,9-10,20-25,53H2,1-8H3,(H,55,68)(H,56,69)(H,57,71)(H,58,72)(H,59,67)(H,60,66)(H,61,70)(H,62,63)(H,64,65)(H,73,74)/t29-,30-,34-,36-,37-,38-,39-,42-,43-,44-/m0/s1. The van der Waals surface area contributed by atoms with Crippen molar-refractivity contribution < 1.29 is 63.3 Å². The second kappa shape index (κ2) is 29.4. The number of hydrogen-bond donors (Lipinski definition) is 12. The van der Waals surface area contributed by atoms with Gasteiger partial charge in [0.05, 0.1) is 12.5 Å². The second-order valence-corrected chi connectivity index (χ2v) is 19.6. The van der Waals surface area contributed by atoms with Gasteiger partial charge in [-0.2, -0.15) is 0 Å². The van der Waals surface area contributed by atoms with Crippen molar-refractivity contribution in [3.8, 4) is 0 Å². The Morgan fingerprint density at radius 3 is 1.57 bits per heavy atom. The summed E-state index contributed by atoms with van der Waals surface area (Å²) < 4.78 is 0. The lowest BCUT2D eigenvalue weighted by Crippen LogP contribution is -2.62. The number of aromatic nitrogens is 1. The topological polar surface area (TPSA) is 357 Å². The smallest absolute Gasteiger partial charge is 0.326 e. The summed E-state index contributed by atoms with van der Waals surface area (Å²) in [5, 5.41) is 48.0. The number of hydrogen-bond acceptors (Lipinski definition) is 11. The molecule has 0 spiro atoms. The van der Waals surface area contributed by atoms with Gasteiger partial charge in [0.15, 0.2) is 0 Å². The molecule has 0 bridgehead atoms. The summed E-state index contributed by atoms with van der Waals surface area (Å²) in [5.41, 5.74) is 7.82. The van der Waals surface area contributed by atoms with Gasteiger partial charge < -0.3 is 63.3 Å². The highest BCUT2D eigenvalue weighted by molar-refractivity contribution is 5.98. The average molecular weight is 1030 g/mol. The van der Waals surface area contributed by atoms with E-state index in [1.165, 1.54) is 0 Å². The van der Waals surface area contributed by atoms with Gasteiger partial charge in [0.25, 0.3) is 0 Å². The molecule has 0 aliphatic rings. The quantitative estimate of drug-likeness (QED) is 0.0438. The van der Waals surface area contributed by atoms with E-state index in [0.29, 0.717) is 24.0 Å². The molecule has 0 radical (unpaired) electrons. The van der Waals surface area contributed by atoms with Crippen molar-refractivity contribution in [1.29, 1.82) is 0 Å². The summed E-state index contributed by atoms with van der Waals surface area (Å²) >= 11 is 0. The first-order chi connectivity index (χ1) is 34.9. The lowest BCUT2D eigenvalue weighted by atomic mass is 9.95. The highest BCUT2D eigenvalue weighted by atomic mass is 16.4. The minimum atomic E-state index is -1.57. The molecule has 0 saturated carbocycles. The van der Waals surface area contributed by atoms with Gasteiger partial charge >= 0.3 is 17.9 Å². The Morgan fingerprint density at radius 2 is 1.03 bits per heavy atom. The van der Waals surface area contributed by atoms with Gasteiger partial charge in [0.2, 0.25) is 41.4 Å². The van der Waals surface area contributed by atoms with Crippen LogP contribution in [-0.4, -0.2) is 128 Å². The van der Waals surface area contributed by atoms with Crippen molar-refractivity contribution in [2.45, 2.75) is 155 Å². The number of rotatable bonds is 31. The van der Waals surface area contributed by atoms with E-state index >= 15 is 0 Å². The minimum absolute atomic E-state index is 0.00443. The number of carbonyl (C=O) groups is 10. The van der Waals surface area contributed by atoms with Crippen LogP contribution in [0.15, 0.2) is 60.8 Å².